The Hall–Kier alpha value is -0.900. The van der Waals surface area contributed by atoms with E-state index in [2.05, 4.69) is 9.88 Å². The summed E-state index contributed by atoms with van der Waals surface area (Å²) < 4.78 is 0. The maximum atomic E-state index is 8.90. The number of nitrogens with zero attached hydrogens (tertiary/aromatic N) is 2. The number of aromatic nitrogens is 1. The SMILES string of the molecule is OCCN(C/C=C/Cl)Cc1cccnc1. The highest BCUT2D eigenvalue weighted by Gasteiger charge is 2.02. The van der Waals surface area contributed by atoms with Gasteiger partial charge in [0.05, 0.1) is 6.61 Å². The third kappa shape index (κ3) is 4.93. The van der Waals surface area contributed by atoms with Gasteiger partial charge in [0.1, 0.15) is 0 Å². The van der Waals surface area contributed by atoms with Gasteiger partial charge in [0.15, 0.2) is 0 Å². The average Bonchev–Trinajstić information content (AvgIpc) is 2.28. The van der Waals surface area contributed by atoms with Crippen LogP contribution in [0.4, 0.5) is 0 Å². The van der Waals surface area contributed by atoms with Crippen LogP contribution in [0.15, 0.2) is 36.1 Å². The van der Waals surface area contributed by atoms with Crippen LogP contribution in [0.3, 0.4) is 0 Å². The molecule has 1 aromatic heterocycles. The molecule has 0 unspecified atom stereocenters. The van der Waals surface area contributed by atoms with Crippen molar-refractivity contribution in [1.82, 2.24) is 9.88 Å². The Bertz CT molecular complexity index is 290. The lowest BCUT2D eigenvalue weighted by Crippen LogP contribution is -2.26. The van der Waals surface area contributed by atoms with Gasteiger partial charge in [-0.1, -0.05) is 23.7 Å². The number of aliphatic hydroxyl groups excluding tert-OH is 1. The first kappa shape index (κ1) is 12.2. The minimum absolute atomic E-state index is 0.149. The average molecular weight is 227 g/mol. The van der Waals surface area contributed by atoms with Crippen molar-refractivity contribution in [1.29, 1.82) is 0 Å². The molecule has 0 atom stereocenters. The number of rotatable bonds is 6. The van der Waals surface area contributed by atoms with Gasteiger partial charge in [-0.05, 0) is 11.6 Å². The van der Waals surface area contributed by atoms with E-state index in [1.807, 2.05) is 24.4 Å². The standard InChI is InChI=1S/C11H15ClN2O/c12-4-2-6-14(7-8-15)10-11-3-1-5-13-9-11/h1-5,9,15H,6-8,10H2/b4-2+. The first-order valence-electron chi connectivity index (χ1n) is 4.84. The lowest BCUT2D eigenvalue weighted by Gasteiger charge is -2.18. The molecule has 1 rings (SSSR count). The Kier molecular flexibility index (Phi) is 6.00. The number of pyridine rings is 1. The van der Waals surface area contributed by atoms with E-state index >= 15 is 0 Å². The smallest absolute Gasteiger partial charge is 0.0558 e. The van der Waals surface area contributed by atoms with E-state index in [1.165, 1.54) is 5.54 Å². The van der Waals surface area contributed by atoms with Gasteiger partial charge >= 0.3 is 0 Å². The monoisotopic (exact) mass is 226 g/mol. The lowest BCUT2D eigenvalue weighted by atomic mass is 10.2. The van der Waals surface area contributed by atoms with Gasteiger partial charge in [0.2, 0.25) is 0 Å². The van der Waals surface area contributed by atoms with Crippen molar-refractivity contribution in [3.8, 4) is 0 Å². The Balaban J connectivity index is 2.50. The first-order valence-corrected chi connectivity index (χ1v) is 5.28. The summed E-state index contributed by atoms with van der Waals surface area (Å²) >= 11 is 5.47. The summed E-state index contributed by atoms with van der Waals surface area (Å²) in [4.78, 5) is 6.14. The lowest BCUT2D eigenvalue weighted by molar-refractivity contribution is 0.203. The molecular formula is C11H15ClN2O. The topological polar surface area (TPSA) is 36.4 Å². The summed E-state index contributed by atoms with van der Waals surface area (Å²) in [6.07, 6.45) is 5.43. The van der Waals surface area contributed by atoms with E-state index in [0.29, 0.717) is 6.54 Å². The van der Waals surface area contributed by atoms with Gasteiger partial charge in [-0.25, -0.2) is 0 Å². The maximum absolute atomic E-state index is 8.90. The predicted molar refractivity (Wildman–Crippen MR) is 61.6 cm³/mol. The van der Waals surface area contributed by atoms with Crippen molar-refractivity contribution in [3.63, 3.8) is 0 Å². The number of hydrogen-bond donors (Lipinski definition) is 1. The molecule has 0 aliphatic rings. The molecule has 1 N–H and O–H groups in total. The highest BCUT2D eigenvalue weighted by molar-refractivity contribution is 6.25. The fourth-order valence-corrected chi connectivity index (χ4v) is 1.39. The van der Waals surface area contributed by atoms with Gasteiger partial charge in [-0.15, -0.1) is 0 Å². The Labute approximate surface area is 95.0 Å². The molecule has 0 saturated carbocycles. The van der Waals surface area contributed by atoms with Crippen LogP contribution in [0.25, 0.3) is 0 Å². The summed E-state index contributed by atoms with van der Waals surface area (Å²) in [5.41, 5.74) is 2.63. The second kappa shape index (κ2) is 7.40. The molecule has 0 aliphatic heterocycles. The highest BCUT2D eigenvalue weighted by Crippen LogP contribution is 2.02. The van der Waals surface area contributed by atoms with E-state index in [-0.39, 0.29) is 6.61 Å². The van der Waals surface area contributed by atoms with Crippen molar-refractivity contribution >= 4 is 11.6 Å². The third-order valence-corrected chi connectivity index (χ3v) is 2.18. The molecule has 0 aromatic carbocycles. The van der Waals surface area contributed by atoms with Gasteiger partial charge in [-0.2, -0.15) is 0 Å². The normalized spacial score (nSPS) is 11.4. The summed E-state index contributed by atoms with van der Waals surface area (Å²) in [6, 6.07) is 3.92. The van der Waals surface area contributed by atoms with Crippen molar-refractivity contribution in [2.45, 2.75) is 6.54 Å². The first-order chi connectivity index (χ1) is 7.36. The van der Waals surface area contributed by atoms with E-state index in [9.17, 15) is 0 Å². The molecule has 4 heteroatoms. The molecule has 0 fully saturated rings. The van der Waals surface area contributed by atoms with Gasteiger partial charge in [0.25, 0.3) is 0 Å². The summed E-state index contributed by atoms with van der Waals surface area (Å²) in [6.45, 7) is 2.29. The van der Waals surface area contributed by atoms with Crippen LogP contribution in [-0.2, 0) is 6.54 Å². The molecule has 0 bridgehead atoms. The quantitative estimate of drug-likeness (QED) is 0.801. The largest absolute Gasteiger partial charge is 0.395 e. The fourth-order valence-electron chi connectivity index (χ4n) is 1.32. The van der Waals surface area contributed by atoms with Crippen molar-refractivity contribution in [2.24, 2.45) is 0 Å². The molecular weight excluding hydrogens is 212 g/mol. The zero-order valence-corrected chi connectivity index (χ0v) is 9.27. The van der Waals surface area contributed by atoms with Crippen LogP contribution in [-0.4, -0.2) is 34.7 Å². The second-order valence-electron chi connectivity index (χ2n) is 3.18. The van der Waals surface area contributed by atoms with Gasteiger partial charge < -0.3 is 5.11 Å². The van der Waals surface area contributed by atoms with Crippen LogP contribution >= 0.6 is 11.6 Å². The zero-order valence-electron chi connectivity index (χ0n) is 8.51. The zero-order chi connectivity index (χ0) is 10.9. The summed E-state index contributed by atoms with van der Waals surface area (Å²) in [5, 5.41) is 8.90. The molecule has 0 radical (unpaired) electrons. The van der Waals surface area contributed by atoms with Crippen LogP contribution in [0, 0.1) is 0 Å². The Morgan fingerprint density at radius 1 is 1.53 bits per heavy atom. The molecule has 0 aliphatic carbocycles. The van der Waals surface area contributed by atoms with Gasteiger partial charge in [0, 0.05) is 37.6 Å². The van der Waals surface area contributed by atoms with Crippen molar-refractivity contribution in [3.05, 3.63) is 41.7 Å². The van der Waals surface area contributed by atoms with Crippen LogP contribution in [0.5, 0.6) is 0 Å². The van der Waals surface area contributed by atoms with E-state index < -0.39 is 0 Å². The third-order valence-electron chi connectivity index (χ3n) is 2.00. The molecule has 1 heterocycles. The van der Waals surface area contributed by atoms with Gasteiger partial charge in [-0.3, -0.25) is 9.88 Å². The molecule has 82 valence electrons. The number of hydrogen-bond acceptors (Lipinski definition) is 3. The van der Waals surface area contributed by atoms with E-state index in [0.717, 1.165) is 18.7 Å². The Morgan fingerprint density at radius 2 is 2.40 bits per heavy atom. The van der Waals surface area contributed by atoms with E-state index in [4.69, 9.17) is 16.7 Å². The fraction of sp³-hybridized carbons (Fsp3) is 0.364. The minimum Gasteiger partial charge on any atom is -0.395 e. The molecule has 3 nitrogen and oxygen atoms in total. The van der Waals surface area contributed by atoms with Crippen LogP contribution in [0.1, 0.15) is 5.56 Å². The molecule has 0 saturated heterocycles. The molecule has 0 amide bonds. The number of aliphatic hydroxyl groups is 1. The second-order valence-corrected chi connectivity index (χ2v) is 3.43. The van der Waals surface area contributed by atoms with E-state index in [1.54, 1.807) is 6.20 Å². The van der Waals surface area contributed by atoms with Crippen LogP contribution in [0.2, 0.25) is 0 Å². The molecule has 15 heavy (non-hydrogen) atoms. The van der Waals surface area contributed by atoms with Crippen molar-refractivity contribution < 1.29 is 5.11 Å². The summed E-state index contributed by atoms with van der Waals surface area (Å²) in [7, 11) is 0. The Morgan fingerprint density at radius 3 is 3.00 bits per heavy atom. The van der Waals surface area contributed by atoms with Crippen LogP contribution < -0.4 is 0 Å². The number of halogens is 1. The predicted octanol–water partition coefficient (Wildman–Crippen LogP) is 1.63. The minimum atomic E-state index is 0.149. The highest BCUT2D eigenvalue weighted by atomic mass is 35.5. The van der Waals surface area contributed by atoms with Crippen molar-refractivity contribution in [2.75, 3.05) is 19.7 Å². The summed E-state index contributed by atoms with van der Waals surface area (Å²) in [5.74, 6) is 0. The molecule has 0 spiro atoms. The maximum Gasteiger partial charge on any atom is 0.0558 e. The molecule has 1 aromatic rings.